The molecule has 2 bridgehead atoms. The van der Waals surface area contributed by atoms with Gasteiger partial charge < -0.3 is 14.5 Å². The first-order chi connectivity index (χ1) is 36.4. The van der Waals surface area contributed by atoms with Gasteiger partial charge in [-0.1, -0.05) is 133 Å². The standard InChI is InChI=1S/C56H46N4O/c1-37-31-53(57-35-50(37)40-19-9-4-10-20-40)60-51-26-12-11-23-48(51)49-30-29-45(34-52(49)60)61-44-22-13-21-43(33-44)58-36-59(55-42-28-27-41(32-42)54(55)58)56-46(38-15-5-2-6-16-38)24-14-25-47(56)39-17-7-3-8-18-39/h2-26,29-31,33-35,41-42,54-55H,27-28,32,36H2,1H3/t41-,42?,54+,55?/m1/s1/i2D,3D,4D,5D,6D,7D,8D,9D,10D,15D,16D,17D,18D,19D,20D. The van der Waals surface area contributed by atoms with Gasteiger partial charge in [0, 0.05) is 51.5 Å². The summed E-state index contributed by atoms with van der Waals surface area (Å²) in [6.07, 6.45) is 4.41. The van der Waals surface area contributed by atoms with Gasteiger partial charge in [0.05, 0.1) is 56.0 Å². The number of hydrogen-bond donors (Lipinski definition) is 0. The van der Waals surface area contributed by atoms with Crippen LogP contribution in [0.5, 0.6) is 11.5 Å². The molecule has 5 heteroatoms. The van der Waals surface area contributed by atoms with Crippen molar-refractivity contribution in [1.29, 1.82) is 0 Å². The minimum absolute atomic E-state index is 0.0372. The number of pyridine rings is 1. The lowest BCUT2D eigenvalue weighted by Crippen LogP contribution is -2.42. The van der Waals surface area contributed by atoms with E-state index in [2.05, 4.69) is 9.80 Å². The molecule has 0 amide bonds. The number of aryl methyl sites for hydroxylation is 1. The zero-order chi connectivity index (χ0) is 53.5. The molecule has 2 saturated carbocycles. The van der Waals surface area contributed by atoms with Crippen molar-refractivity contribution in [1.82, 2.24) is 9.55 Å². The molecule has 0 spiro atoms. The third kappa shape index (κ3) is 6.02. The Bertz CT molecular complexity index is 3800. The molecule has 9 aromatic rings. The maximum absolute atomic E-state index is 9.11. The first-order valence-electron chi connectivity index (χ1n) is 28.0. The van der Waals surface area contributed by atoms with Crippen LogP contribution in [0.3, 0.4) is 0 Å². The van der Waals surface area contributed by atoms with Crippen LogP contribution in [0.25, 0.3) is 61.0 Å². The Morgan fingerprint density at radius 2 is 1.18 bits per heavy atom. The Kier molecular flexibility index (Phi) is 5.64. The zero-order valence-corrected chi connectivity index (χ0v) is 33.1. The molecule has 0 radical (unpaired) electrons. The number of aromatic nitrogens is 2. The summed E-state index contributed by atoms with van der Waals surface area (Å²) < 4.78 is 138. The molecule has 3 heterocycles. The highest BCUT2D eigenvalue weighted by Crippen LogP contribution is 2.56. The van der Waals surface area contributed by atoms with Crippen LogP contribution in [0.2, 0.25) is 0 Å². The molecule has 3 aliphatic rings. The highest BCUT2D eigenvalue weighted by atomic mass is 16.5. The Morgan fingerprint density at radius 3 is 1.87 bits per heavy atom. The lowest BCUT2D eigenvalue weighted by molar-refractivity contribution is 0.389. The van der Waals surface area contributed by atoms with Crippen LogP contribution in [0, 0.1) is 18.8 Å². The molecule has 1 saturated heterocycles. The van der Waals surface area contributed by atoms with Crippen LogP contribution in [0.1, 0.15) is 45.4 Å². The number of benzene rings is 7. The van der Waals surface area contributed by atoms with Crippen LogP contribution in [-0.2, 0) is 0 Å². The molecular weight excluding hydrogens is 745 g/mol. The third-order valence-corrected chi connectivity index (χ3v) is 12.8. The number of ether oxygens (including phenoxy) is 1. The summed E-state index contributed by atoms with van der Waals surface area (Å²) in [6, 6.07) is 21.6. The number of nitrogens with zero attached hydrogens (tertiary/aromatic N) is 4. The van der Waals surface area contributed by atoms with E-state index in [-0.39, 0.29) is 59.4 Å². The lowest BCUT2D eigenvalue weighted by atomic mass is 9.88. The van der Waals surface area contributed by atoms with Gasteiger partial charge in [-0.05, 0) is 96.7 Å². The van der Waals surface area contributed by atoms with Crippen LogP contribution in [0.15, 0.2) is 188 Å². The quantitative estimate of drug-likeness (QED) is 0.153. The number of anilines is 2. The smallest absolute Gasteiger partial charge is 0.137 e. The molecule has 1 aliphatic heterocycles. The molecule has 3 fully saturated rings. The van der Waals surface area contributed by atoms with E-state index in [1.54, 1.807) is 24.4 Å². The largest absolute Gasteiger partial charge is 0.457 e. The number of para-hydroxylation sites is 2. The second kappa shape index (κ2) is 14.6. The number of rotatable bonds is 8. The normalized spacial score (nSPS) is 22.7. The zero-order valence-electron chi connectivity index (χ0n) is 48.1. The van der Waals surface area contributed by atoms with Crippen molar-refractivity contribution in [3.05, 3.63) is 193 Å². The van der Waals surface area contributed by atoms with Crippen LogP contribution < -0.4 is 14.5 Å². The summed E-state index contributed by atoms with van der Waals surface area (Å²) >= 11 is 0. The molecule has 2 aromatic heterocycles. The third-order valence-electron chi connectivity index (χ3n) is 12.8. The average Bonchev–Trinajstić information content (AvgIpc) is 4.23. The molecule has 296 valence electrons. The van der Waals surface area contributed by atoms with E-state index in [1.807, 2.05) is 84.3 Å². The highest BCUT2D eigenvalue weighted by molar-refractivity contribution is 6.09. The summed E-state index contributed by atoms with van der Waals surface area (Å²) in [5, 5.41) is 1.92. The van der Waals surface area contributed by atoms with Gasteiger partial charge in [-0.2, -0.15) is 0 Å². The molecule has 5 nitrogen and oxygen atoms in total. The molecule has 7 aromatic carbocycles. The Labute approximate surface area is 378 Å². The SMILES string of the molecule is [2H]c1c([2H])c([2H])c(-c2cnc(-n3c4ccccc4c4ccc(Oc5cccc(N6CN(c7c(-c8c([2H])c([2H])c([2H])c([2H])c8[2H])cccc7-c7c([2H])c([2H])c([2H])c([2H])c7[2H])C7C8CC[C@H](C8)[C@@H]76)c5)cc43)cc2C)c([2H])c1[2H]. The minimum Gasteiger partial charge on any atom is -0.457 e. The summed E-state index contributed by atoms with van der Waals surface area (Å²) in [4.78, 5) is 9.33. The van der Waals surface area contributed by atoms with Gasteiger partial charge in [0.2, 0.25) is 0 Å². The van der Waals surface area contributed by atoms with Gasteiger partial charge >= 0.3 is 0 Å². The second-order valence-corrected chi connectivity index (χ2v) is 16.1. The van der Waals surface area contributed by atoms with E-state index in [9.17, 15) is 0 Å². The van der Waals surface area contributed by atoms with Crippen LogP contribution >= 0.6 is 0 Å². The van der Waals surface area contributed by atoms with E-state index in [0.717, 1.165) is 46.8 Å². The van der Waals surface area contributed by atoms with Crippen molar-refractivity contribution >= 4 is 33.2 Å². The Morgan fingerprint density at radius 1 is 0.574 bits per heavy atom. The van der Waals surface area contributed by atoms with Gasteiger partial charge in [0.1, 0.15) is 17.3 Å². The van der Waals surface area contributed by atoms with Crippen molar-refractivity contribution in [3.63, 3.8) is 0 Å². The molecule has 4 atom stereocenters. The van der Waals surface area contributed by atoms with Crippen molar-refractivity contribution < 1.29 is 25.3 Å². The van der Waals surface area contributed by atoms with E-state index in [4.69, 9.17) is 30.3 Å². The molecule has 61 heavy (non-hydrogen) atoms. The summed E-state index contributed by atoms with van der Waals surface area (Å²) in [7, 11) is 0. The average molecular weight is 806 g/mol. The van der Waals surface area contributed by atoms with E-state index >= 15 is 0 Å². The first-order valence-corrected chi connectivity index (χ1v) is 20.5. The van der Waals surface area contributed by atoms with Crippen molar-refractivity contribution in [2.24, 2.45) is 11.8 Å². The maximum Gasteiger partial charge on any atom is 0.137 e. The van der Waals surface area contributed by atoms with Gasteiger partial charge in [-0.3, -0.25) is 4.57 Å². The van der Waals surface area contributed by atoms with E-state index in [1.165, 1.54) is 0 Å². The summed E-state index contributed by atoms with van der Waals surface area (Å²) in [5.74, 6) is 2.14. The fourth-order valence-corrected chi connectivity index (χ4v) is 10.4. The van der Waals surface area contributed by atoms with Gasteiger partial charge in [-0.25, -0.2) is 4.98 Å². The van der Waals surface area contributed by atoms with Crippen LogP contribution in [0.4, 0.5) is 11.4 Å². The Hall–Kier alpha value is -7.11. The molecule has 0 N–H and O–H groups in total. The van der Waals surface area contributed by atoms with E-state index in [0.29, 0.717) is 45.3 Å². The van der Waals surface area contributed by atoms with Gasteiger partial charge in [0.15, 0.2) is 0 Å². The van der Waals surface area contributed by atoms with Crippen molar-refractivity contribution in [2.75, 3.05) is 16.5 Å². The minimum atomic E-state index is -0.540. The molecule has 12 rings (SSSR count). The molecular formula is C56H46N4O. The monoisotopic (exact) mass is 805 g/mol. The summed E-state index contributed by atoms with van der Waals surface area (Å²) in [5.41, 5.74) is 4.62. The second-order valence-electron chi connectivity index (χ2n) is 16.1. The van der Waals surface area contributed by atoms with E-state index < -0.39 is 78.6 Å². The van der Waals surface area contributed by atoms with Crippen LogP contribution in [-0.4, -0.2) is 28.3 Å². The first kappa shape index (κ1) is 23.6. The molecule has 2 aliphatic carbocycles. The predicted octanol–water partition coefficient (Wildman–Crippen LogP) is 13.7. The topological polar surface area (TPSA) is 33.5 Å². The lowest BCUT2D eigenvalue weighted by Gasteiger charge is -2.34. The van der Waals surface area contributed by atoms with Gasteiger partial charge in [0.25, 0.3) is 0 Å². The Balaban J connectivity index is 0.949. The maximum atomic E-state index is 9.11. The number of hydrogen-bond acceptors (Lipinski definition) is 4. The fourth-order valence-electron chi connectivity index (χ4n) is 10.4. The predicted molar refractivity (Wildman–Crippen MR) is 251 cm³/mol. The van der Waals surface area contributed by atoms with Crippen molar-refractivity contribution in [3.8, 4) is 50.7 Å². The number of fused-ring (bicyclic) bond motifs is 8. The fraction of sp³-hybridized carbons (Fsp3) is 0.161. The highest BCUT2D eigenvalue weighted by Gasteiger charge is 2.57. The molecule has 2 unspecified atom stereocenters. The van der Waals surface area contributed by atoms with Gasteiger partial charge in [-0.15, -0.1) is 0 Å². The van der Waals surface area contributed by atoms with Crippen molar-refractivity contribution in [2.45, 2.75) is 38.3 Å². The summed E-state index contributed by atoms with van der Waals surface area (Å²) in [6.45, 7) is 2.09.